The first-order valence-electron chi connectivity index (χ1n) is 5.77. The van der Waals surface area contributed by atoms with Gasteiger partial charge in [0.15, 0.2) is 0 Å². The van der Waals surface area contributed by atoms with E-state index in [1.807, 2.05) is 18.2 Å². The molecule has 1 atom stereocenters. The van der Waals surface area contributed by atoms with Crippen LogP contribution in [-0.2, 0) is 4.79 Å². The lowest BCUT2D eigenvalue weighted by molar-refractivity contribution is 0.464. The minimum Gasteiger partial charge on any atom is -0.367 e. The Bertz CT molecular complexity index is 371. The zero-order valence-electron chi connectivity index (χ0n) is 9.30. The van der Waals surface area contributed by atoms with Crippen molar-refractivity contribution >= 4 is 11.8 Å². The molecule has 1 saturated heterocycles. The molecule has 1 aliphatic heterocycles. The highest BCUT2D eigenvalue weighted by atomic mass is 16.1. The van der Waals surface area contributed by atoms with Crippen molar-refractivity contribution < 1.29 is 4.79 Å². The molecule has 1 aromatic rings. The van der Waals surface area contributed by atoms with E-state index in [1.54, 1.807) is 6.08 Å². The molecule has 3 heteroatoms. The number of nitrogens with zero attached hydrogens (tertiary/aromatic N) is 2. The summed E-state index contributed by atoms with van der Waals surface area (Å²) in [5.41, 5.74) is 1.23. The Morgan fingerprint density at radius 1 is 1.31 bits per heavy atom. The molecule has 0 aliphatic carbocycles. The number of carbonyl (C=O) groups excluding carboxylic acids is 1. The van der Waals surface area contributed by atoms with E-state index >= 15 is 0 Å². The van der Waals surface area contributed by atoms with Crippen molar-refractivity contribution in [3.8, 4) is 0 Å². The summed E-state index contributed by atoms with van der Waals surface area (Å²) in [7, 11) is 0. The van der Waals surface area contributed by atoms with E-state index in [0.717, 1.165) is 13.0 Å². The Morgan fingerprint density at radius 2 is 2.12 bits per heavy atom. The van der Waals surface area contributed by atoms with Crippen LogP contribution in [0.15, 0.2) is 35.3 Å². The van der Waals surface area contributed by atoms with Crippen molar-refractivity contribution in [3.05, 3.63) is 30.3 Å². The van der Waals surface area contributed by atoms with E-state index in [4.69, 9.17) is 0 Å². The topological polar surface area (TPSA) is 32.7 Å². The van der Waals surface area contributed by atoms with Crippen molar-refractivity contribution in [1.29, 1.82) is 0 Å². The summed E-state index contributed by atoms with van der Waals surface area (Å²) in [5, 5.41) is 0. The van der Waals surface area contributed by atoms with Crippen LogP contribution in [0.1, 0.15) is 19.3 Å². The van der Waals surface area contributed by atoms with Gasteiger partial charge in [0.1, 0.15) is 0 Å². The molecule has 0 spiro atoms. The number of anilines is 1. The van der Waals surface area contributed by atoms with Crippen molar-refractivity contribution in [3.63, 3.8) is 0 Å². The Morgan fingerprint density at radius 3 is 2.88 bits per heavy atom. The summed E-state index contributed by atoms with van der Waals surface area (Å²) in [4.78, 5) is 16.3. The molecule has 0 N–H and O–H groups in total. The highest BCUT2D eigenvalue weighted by Crippen LogP contribution is 2.24. The summed E-state index contributed by atoms with van der Waals surface area (Å²) in [6.45, 7) is 1.63. The zero-order valence-corrected chi connectivity index (χ0v) is 9.30. The molecule has 3 nitrogen and oxygen atoms in total. The van der Waals surface area contributed by atoms with E-state index in [1.165, 1.54) is 18.5 Å². The molecule has 0 bridgehead atoms. The average molecular weight is 216 g/mol. The number of rotatable bonds is 3. The third-order valence-electron chi connectivity index (χ3n) is 3.08. The van der Waals surface area contributed by atoms with Crippen molar-refractivity contribution in [2.75, 3.05) is 18.0 Å². The maximum Gasteiger partial charge on any atom is 0.235 e. The second-order valence-corrected chi connectivity index (χ2v) is 4.11. The van der Waals surface area contributed by atoms with Crippen molar-refractivity contribution in [1.82, 2.24) is 0 Å². The Hall–Kier alpha value is -1.60. The quantitative estimate of drug-likeness (QED) is 0.574. The Balaban J connectivity index is 2.13. The van der Waals surface area contributed by atoms with E-state index in [2.05, 4.69) is 22.0 Å². The SMILES string of the molecule is O=C=NCC1CCCCN1c1ccccc1. The molecule has 0 radical (unpaired) electrons. The van der Waals surface area contributed by atoms with Gasteiger partial charge in [0.2, 0.25) is 6.08 Å². The first-order valence-corrected chi connectivity index (χ1v) is 5.77. The second-order valence-electron chi connectivity index (χ2n) is 4.11. The Kier molecular flexibility index (Phi) is 3.73. The monoisotopic (exact) mass is 216 g/mol. The highest BCUT2D eigenvalue weighted by molar-refractivity contribution is 5.47. The lowest BCUT2D eigenvalue weighted by Gasteiger charge is -2.36. The molecule has 1 unspecified atom stereocenters. The van der Waals surface area contributed by atoms with Gasteiger partial charge in [-0.15, -0.1) is 0 Å². The summed E-state index contributed by atoms with van der Waals surface area (Å²) < 4.78 is 0. The number of para-hydroxylation sites is 1. The summed E-state index contributed by atoms with van der Waals surface area (Å²) in [6, 6.07) is 10.7. The molecule has 2 rings (SSSR count). The largest absolute Gasteiger partial charge is 0.367 e. The molecule has 1 fully saturated rings. The molecule has 1 heterocycles. The average Bonchev–Trinajstić information content (AvgIpc) is 2.38. The van der Waals surface area contributed by atoms with Gasteiger partial charge in [0.25, 0.3) is 0 Å². The fraction of sp³-hybridized carbons (Fsp3) is 0.462. The van der Waals surface area contributed by atoms with Crippen molar-refractivity contribution in [2.45, 2.75) is 25.3 Å². The standard InChI is InChI=1S/C13H16N2O/c16-11-14-10-13-8-4-5-9-15(13)12-6-2-1-3-7-12/h1-3,6-7,13H,4-5,8-10H2. The molecule has 84 valence electrons. The fourth-order valence-electron chi connectivity index (χ4n) is 2.29. The van der Waals surface area contributed by atoms with Gasteiger partial charge >= 0.3 is 0 Å². The van der Waals surface area contributed by atoms with Gasteiger partial charge < -0.3 is 4.90 Å². The minimum atomic E-state index is 0.359. The number of aliphatic imine (C=N–C) groups is 1. The minimum absolute atomic E-state index is 0.359. The smallest absolute Gasteiger partial charge is 0.235 e. The zero-order chi connectivity index (χ0) is 11.2. The molecule has 1 aliphatic rings. The van der Waals surface area contributed by atoms with E-state index in [9.17, 15) is 4.79 Å². The second kappa shape index (κ2) is 5.47. The number of piperidine rings is 1. The van der Waals surface area contributed by atoms with Gasteiger partial charge in [0, 0.05) is 18.3 Å². The molecule has 1 aromatic carbocycles. The first-order chi connectivity index (χ1) is 7.92. The van der Waals surface area contributed by atoms with Gasteiger partial charge in [0.05, 0.1) is 6.54 Å². The van der Waals surface area contributed by atoms with Crippen LogP contribution in [0.2, 0.25) is 0 Å². The third kappa shape index (κ3) is 2.50. The van der Waals surface area contributed by atoms with Gasteiger partial charge in [-0.1, -0.05) is 18.2 Å². The summed E-state index contributed by atoms with van der Waals surface area (Å²) in [5.74, 6) is 0. The molecule has 0 amide bonds. The van der Waals surface area contributed by atoms with Crippen LogP contribution in [0, 0.1) is 0 Å². The van der Waals surface area contributed by atoms with E-state index in [0.29, 0.717) is 12.6 Å². The van der Waals surface area contributed by atoms with Crippen LogP contribution in [0.5, 0.6) is 0 Å². The van der Waals surface area contributed by atoms with Gasteiger partial charge in [-0.2, -0.15) is 0 Å². The Labute approximate surface area is 95.8 Å². The number of hydrogen-bond acceptors (Lipinski definition) is 3. The van der Waals surface area contributed by atoms with Crippen LogP contribution in [0.4, 0.5) is 5.69 Å². The van der Waals surface area contributed by atoms with Gasteiger partial charge in [-0.05, 0) is 31.4 Å². The van der Waals surface area contributed by atoms with Crippen LogP contribution in [0.3, 0.4) is 0 Å². The number of hydrogen-bond donors (Lipinski definition) is 0. The lowest BCUT2D eigenvalue weighted by Crippen LogP contribution is -2.41. The van der Waals surface area contributed by atoms with Crippen LogP contribution >= 0.6 is 0 Å². The van der Waals surface area contributed by atoms with Crippen LogP contribution < -0.4 is 4.90 Å². The summed E-state index contributed by atoms with van der Waals surface area (Å²) >= 11 is 0. The van der Waals surface area contributed by atoms with E-state index in [-0.39, 0.29) is 0 Å². The maximum atomic E-state index is 10.2. The normalized spacial score (nSPS) is 20.2. The molecule has 0 aromatic heterocycles. The van der Waals surface area contributed by atoms with Crippen LogP contribution in [-0.4, -0.2) is 25.2 Å². The predicted octanol–water partition coefficient (Wildman–Crippen LogP) is 2.38. The fourth-order valence-corrected chi connectivity index (χ4v) is 2.29. The van der Waals surface area contributed by atoms with Crippen molar-refractivity contribution in [2.24, 2.45) is 4.99 Å². The molecule has 16 heavy (non-hydrogen) atoms. The summed E-state index contributed by atoms with van der Waals surface area (Å²) in [6.07, 6.45) is 5.19. The predicted molar refractivity (Wildman–Crippen MR) is 64.4 cm³/mol. The highest BCUT2D eigenvalue weighted by Gasteiger charge is 2.21. The molecular weight excluding hydrogens is 200 g/mol. The third-order valence-corrected chi connectivity index (χ3v) is 3.08. The maximum absolute atomic E-state index is 10.2. The number of isocyanates is 1. The van der Waals surface area contributed by atoms with Gasteiger partial charge in [-0.3, -0.25) is 0 Å². The van der Waals surface area contributed by atoms with Crippen LogP contribution in [0.25, 0.3) is 0 Å². The number of benzene rings is 1. The molecule has 0 saturated carbocycles. The first kappa shape index (κ1) is 10.9. The molecular formula is C13H16N2O. The van der Waals surface area contributed by atoms with E-state index < -0.39 is 0 Å². The van der Waals surface area contributed by atoms with Gasteiger partial charge in [-0.25, -0.2) is 9.79 Å². The lowest BCUT2D eigenvalue weighted by atomic mass is 10.0.